The summed E-state index contributed by atoms with van der Waals surface area (Å²) in [5, 5.41) is 0. The van der Waals surface area contributed by atoms with E-state index in [1.807, 2.05) is 0 Å². The SMILES string of the molecule is B[C@H](COC(=O)c1ccccc1)[C@H](OC(=O)c1ccccc1)[C@H](C=O)OC(=O)c1ccccc1. The molecule has 0 aliphatic rings. The minimum atomic E-state index is -1.41. The largest absolute Gasteiger partial charge is 0.462 e. The average Bonchev–Trinajstić information content (AvgIpc) is 2.90. The highest BCUT2D eigenvalue weighted by Crippen LogP contribution is 2.21. The molecule has 0 fully saturated rings. The predicted octanol–water partition coefficient (Wildman–Crippen LogP) is 2.92. The molecule has 8 heteroatoms. The lowest BCUT2D eigenvalue weighted by molar-refractivity contribution is -0.122. The van der Waals surface area contributed by atoms with Crippen LogP contribution in [0.5, 0.6) is 0 Å². The van der Waals surface area contributed by atoms with Gasteiger partial charge in [-0.25, -0.2) is 14.4 Å². The number of rotatable bonds is 10. The van der Waals surface area contributed by atoms with Crippen LogP contribution in [0.3, 0.4) is 0 Å². The highest BCUT2D eigenvalue weighted by Gasteiger charge is 2.34. The van der Waals surface area contributed by atoms with Crippen LogP contribution in [0.15, 0.2) is 91.0 Å². The van der Waals surface area contributed by atoms with Crippen LogP contribution in [0.1, 0.15) is 31.1 Å². The van der Waals surface area contributed by atoms with E-state index in [1.54, 1.807) is 98.8 Å². The molecule has 0 radical (unpaired) electrons. The summed E-state index contributed by atoms with van der Waals surface area (Å²) in [6.07, 6.45) is -2.20. The highest BCUT2D eigenvalue weighted by atomic mass is 16.6. The van der Waals surface area contributed by atoms with Crippen molar-refractivity contribution >= 4 is 32.0 Å². The van der Waals surface area contributed by atoms with Crippen molar-refractivity contribution < 1.29 is 33.4 Å². The summed E-state index contributed by atoms with van der Waals surface area (Å²) in [4.78, 5) is 49.5. The standard InChI is InChI=1S/C26H23BO7/c27-21(17-32-24(29)18-10-4-1-5-11-18)23(34-26(31)20-14-8-3-9-15-20)22(16-28)33-25(30)19-12-6-2-7-13-19/h1-16,21-23H,17,27H2/t21-,22+,23+/m1/s1. The Morgan fingerprint density at radius 1 is 0.676 bits per heavy atom. The molecule has 0 spiro atoms. The Morgan fingerprint density at radius 3 is 1.53 bits per heavy atom. The topological polar surface area (TPSA) is 96.0 Å². The molecule has 172 valence electrons. The van der Waals surface area contributed by atoms with Crippen LogP contribution in [0.25, 0.3) is 0 Å². The fourth-order valence-corrected chi connectivity index (χ4v) is 3.17. The van der Waals surface area contributed by atoms with Gasteiger partial charge >= 0.3 is 17.9 Å². The van der Waals surface area contributed by atoms with Gasteiger partial charge in [0.05, 0.1) is 23.3 Å². The van der Waals surface area contributed by atoms with Gasteiger partial charge in [0.2, 0.25) is 0 Å². The molecule has 0 bridgehead atoms. The van der Waals surface area contributed by atoms with E-state index < -0.39 is 35.9 Å². The molecule has 0 unspecified atom stereocenters. The zero-order valence-electron chi connectivity index (χ0n) is 18.5. The normalized spacial score (nSPS) is 13.1. The van der Waals surface area contributed by atoms with Gasteiger partial charge in [-0.15, -0.1) is 0 Å². The van der Waals surface area contributed by atoms with Crippen LogP contribution < -0.4 is 0 Å². The Bertz CT molecular complexity index is 1100. The molecule has 0 saturated carbocycles. The zero-order valence-corrected chi connectivity index (χ0v) is 18.5. The van der Waals surface area contributed by atoms with E-state index >= 15 is 0 Å². The molecule has 0 heterocycles. The molecule has 0 saturated heterocycles. The monoisotopic (exact) mass is 458 g/mol. The molecular formula is C26H23BO7. The van der Waals surface area contributed by atoms with Gasteiger partial charge in [0.1, 0.15) is 14.0 Å². The maximum Gasteiger partial charge on any atom is 0.338 e. The number of hydrogen-bond donors (Lipinski definition) is 0. The second kappa shape index (κ2) is 12.2. The van der Waals surface area contributed by atoms with Crippen molar-refractivity contribution in [2.45, 2.75) is 18.0 Å². The number of hydrogen-bond acceptors (Lipinski definition) is 7. The van der Waals surface area contributed by atoms with E-state index in [1.165, 1.54) is 0 Å². The van der Waals surface area contributed by atoms with Crippen LogP contribution in [-0.4, -0.2) is 50.9 Å². The lowest BCUT2D eigenvalue weighted by Crippen LogP contribution is -2.41. The van der Waals surface area contributed by atoms with E-state index in [4.69, 9.17) is 14.2 Å². The van der Waals surface area contributed by atoms with Gasteiger partial charge < -0.3 is 14.2 Å². The second-order valence-corrected chi connectivity index (χ2v) is 7.55. The summed E-state index contributed by atoms with van der Waals surface area (Å²) >= 11 is 0. The van der Waals surface area contributed by atoms with Gasteiger partial charge in [-0.1, -0.05) is 54.6 Å². The summed E-state index contributed by atoms with van der Waals surface area (Å²) in [6.45, 7) is -0.173. The highest BCUT2D eigenvalue weighted by molar-refractivity contribution is 6.12. The van der Waals surface area contributed by atoms with Crippen molar-refractivity contribution in [3.8, 4) is 0 Å². The molecule has 0 aliphatic heterocycles. The first-order valence-electron chi connectivity index (χ1n) is 10.7. The van der Waals surface area contributed by atoms with Crippen molar-refractivity contribution in [3.63, 3.8) is 0 Å². The number of carbonyl (C=O) groups excluding carboxylic acids is 4. The van der Waals surface area contributed by atoms with Gasteiger partial charge in [0.25, 0.3) is 0 Å². The first-order chi connectivity index (χ1) is 16.5. The number of ether oxygens (including phenoxy) is 3. The third-order valence-corrected chi connectivity index (χ3v) is 5.01. The fourth-order valence-electron chi connectivity index (χ4n) is 3.17. The molecule has 0 N–H and O–H groups in total. The van der Waals surface area contributed by atoms with Crippen molar-refractivity contribution in [1.29, 1.82) is 0 Å². The molecule has 0 aliphatic carbocycles. The van der Waals surface area contributed by atoms with Gasteiger partial charge in [-0.05, 0) is 36.4 Å². The first kappa shape index (κ1) is 24.4. The summed E-state index contributed by atoms with van der Waals surface area (Å²) in [7, 11) is 1.63. The van der Waals surface area contributed by atoms with E-state index in [0.29, 0.717) is 11.8 Å². The van der Waals surface area contributed by atoms with E-state index in [0.717, 1.165) is 0 Å². The number of carbonyl (C=O) groups is 4. The lowest BCUT2D eigenvalue weighted by Gasteiger charge is -2.28. The molecule has 0 aromatic heterocycles. The Labute approximate surface area is 198 Å². The molecule has 34 heavy (non-hydrogen) atoms. The van der Waals surface area contributed by atoms with Crippen molar-refractivity contribution in [1.82, 2.24) is 0 Å². The van der Waals surface area contributed by atoms with Crippen molar-refractivity contribution in [2.24, 2.45) is 0 Å². The maximum absolute atomic E-state index is 12.7. The molecule has 3 rings (SSSR count). The van der Waals surface area contributed by atoms with Gasteiger partial charge in [-0.2, -0.15) is 0 Å². The van der Waals surface area contributed by atoms with Crippen LogP contribution in [0.2, 0.25) is 5.82 Å². The third-order valence-electron chi connectivity index (χ3n) is 5.01. The smallest absolute Gasteiger partial charge is 0.338 e. The Morgan fingerprint density at radius 2 is 1.09 bits per heavy atom. The summed E-state index contributed by atoms with van der Waals surface area (Å²) in [5.74, 6) is -2.68. The molecule has 3 atom stereocenters. The summed E-state index contributed by atoms with van der Waals surface area (Å²) in [6, 6.07) is 24.7. The number of benzene rings is 3. The minimum Gasteiger partial charge on any atom is -0.462 e. The quantitative estimate of drug-likeness (QED) is 0.200. The lowest BCUT2D eigenvalue weighted by atomic mass is 9.80. The minimum absolute atomic E-state index is 0.173. The van der Waals surface area contributed by atoms with Crippen LogP contribution in [0.4, 0.5) is 0 Å². The molecule has 7 nitrogen and oxygen atoms in total. The van der Waals surface area contributed by atoms with E-state index in [2.05, 4.69) is 0 Å². The van der Waals surface area contributed by atoms with Crippen LogP contribution in [-0.2, 0) is 19.0 Å². The van der Waals surface area contributed by atoms with Gasteiger partial charge in [0, 0.05) is 5.82 Å². The molecular weight excluding hydrogens is 435 g/mol. The summed E-state index contributed by atoms with van der Waals surface area (Å²) in [5.41, 5.74) is 0.862. The summed E-state index contributed by atoms with van der Waals surface area (Å²) < 4.78 is 16.3. The Hall–Kier alpha value is -4.20. The fraction of sp³-hybridized carbons (Fsp3) is 0.154. The average molecular weight is 458 g/mol. The van der Waals surface area contributed by atoms with Gasteiger partial charge in [-0.3, -0.25) is 4.79 Å². The second-order valence-electron chi connectivity index (χ2n) is 7.55. The third kappa shape index (κ3) is 6.65. The molecule has 0 amide bonds. The Kier molecular flexibility index (Phi) is 8.74. The maximum atomic E-state index is 12.7. The zero-order chi connectivity index (χ0) is 24.3. The van der Waals surface area contributed by atoms with E-state index in [9.17, 15) is 19.2 Å². The number of aldehydes is 1. The van der Waals surface area contributed by atoms with Gasteiger partial charge in [0.15, 0.2) is 12.4 Å². The first-order valence-corrected chi connectivity index (χ1v) is 10.7. The van der Waals surface area contributed by atoms with Crippen LogP contribution in [0, 0.1) is 0 Å². The number of esters is 3. The Balaban J connectivity index is 1.76. The predicted molar refractivity (Wildman–Crippen MR) is 126 cm³/mol. The molecule has 3 aromatic carbocycles. The van der Waals surface area contributed by atoms with E-state index in [-0.39, 0.29) is 17.7 Å². The molecule has 3 aromatic rings. The van der Waals surface area contributed by atoms with Crippen molar-refractivity contribution in [3.05, 3.63) is 108 Å². The van der Waals surface area contributed by atoms with Crippen LogP contribution >= 0.6 is 0 Å². The van der Waals surface area contributed by atoms with Crippen molar-refractivity contribution in [2.75, 3.05) is 6.61 Å².